The van der Waals surface area contributed by atoms with Crippen LogP contribution in [0.15, 0.2) is 42.5 Å². The molecule has 1 heterocycles. The molecule has 0 radical (unpaired) electrons. The van der Waals surface area contributed by atoms with Gasteiger partial charge in [-0.3, -0.25) is 4.79 Å². The number of carbonyl (C=O) groups is 2. The first-order chi connectivity index (χ1) is 15.5. The van der Waals surface area contributed by atoms with Crippen molar-refractivity contribution in [2.24, 2.45) is 0 Å². The van der Waals surface area contributed by atoms with Crippen molar-refractivity contribution in [3.63, 3.8) is 0 Å². The van der Waals surface area contributed by atoms with Crippen LogP contribution in [0.5, 0.6) is 0 Å². The molecule has 172 valence electrons. The molecule has 1 saturated heterocycles. The minimum atomic E-state index is -0.337. The average Bonchev–Trinajstić information content (AvgIpc) is 2.80. The highest BCUT2D eigenvalue weighted by atomic mass is 16.5. The van der Waals surface area contributed by atoms with Crippen LogP contribution in [0.25, 0.3) is 0 Å². The summed E-state index contributed by atoms with van der Waals surface area (Å²) in [5, 5.41) is 3.28. The van der Waals surface area contributed by atoms with Crippen molar-refractivity contribution in [2.75, 3.05) is 24.6 Å². The quantitative estimate of drug-likeness (QED) is 0.538. The van der Waals surface area contributed by atoms with Crippen molar-refractivity contribution in [3.8, 4) is 0 Å². The number of rotatable bonds is 9. The number of hydrogen-bond acceptors (Lipinski definition) is 4. The Morgan fingerprint density at radius 3 is 2.41 bits per heavy atom. The highest BCUT2D eigenvalue weighted by molar-refractivity contribution is 5.89. The minimum Gasteiger partial charge on any atom is -0.462 e. The summed E-state index contributed by atoms with van der Waals surface area (Å²) in [4.78, 5) is 27.2. The first-order valence-electron chi connectivity index (χ1n) is 11.9. The summed E-state index contributed by atoms with van der Waals surface area (Å²) in [7, 11) is 0. The van der Waals surface area contributed by atoms with Crippen LogP contribution in [0.1, 0.15) is 79.0 Å². The summed E-state index contributed by atoms with van der Waals surface area (Å²) in [6.07, 6.45) is 5.92. The van der Waals surface area contributed by atoms with Gasteiger partial charge < -0.3 is 15.0 Å². The molecule has 0 bridgehead atoms. The van der Waals surface area contributed by atoms with Crippen LogP contribution < -0.4 is 10.2 Å². The lowest BCUT2D eigenvalue weighted by Crippen LogP contribution is -2.34. The van der Waals surface area contributed by atoms with Gasteiger partial charge in [0.1, 0.15) is 0 Å². The Bertz CT molecular complexity index is 902. The number of piperidine rings is 1. The molecular weight excluding hydrogens is 400 g/mol. The topological polar surface area (TPSA) is 58.6 Å². The van der Waals surface area contributed by atoms with Crippen molar-refractivity contribution in [1.29, 1.82) is 0 Å². The highest BCUT2D eigenvalue weighted by Gasteiger charge is 2.22. The predicted molar refractivity (Wildman–Crippen MR) is 129 cm³/mol. The Morgan fingerprint density at radius 1 is 1.03 bits per heavy atom. The summed E-state index contributed by atoms with van der Waals surface area (Å²) < 4.78 is 5.02. The van der Waals surface area contributed by atoms with E-state index in [2.05, 4.69) is 42.3 Å². The van der Waals surface area contributed by atoms with Crippen molar-refractivity contribution in [2.45, 2.75) is 65.3 Å². The Balaban J connectivity index is 1.72. The summed E-state index contributed by atoms with van der Waals surface area (Å²) in [5.41, 5.74) is 5.11. The van der Waals surface area contributed by atoms with Gasteiger partial charge in [-0.05, 0) is 74.4 Å². The van der Waals surface area contributed by atoms with Gasteiger partial charge in [-0.15, -0.1) is 0 Å². The molecule has 1 atom stereocenters. The lowest BCUT2D eigenvalue weighted by molar-refractivity contribution is -0.121. The van der Waals surface area contributed by atoms with Crippen LogP contribution in [0.4, 0.5) is 5.69 Å². The largest absolute Gasteiger partial charge is 0.462 e. The molecule has 0 aromatic heterocycles. The number of carbonyl (C=O) groups excluding carboxylic acids is 2. The molecule has 0 spiro atoms. The third-order valence-electron chi connectivity index (χ3n) is 6.00. The zero-order chi connectivity index (χ0) is 22.9. The number of hydrogen-bond donors (Lipinski definition) is 1. The van der Waals surface area contributed by atoms with Crippen molar-refractivity contribution in [1.82, 2.24) is 5.32 Å². The van der Waals surface area contributed by atoms with E-state index < -0.39 is 0 Å². The van der Waals surface area contributed by atoms with E-state index in [0.717, 1.165) is 31.5 Å². The van der Waals surface area contributed by atoms with Gasteiger partial charge in [-0.2, -0.15) is 0 Å². The fraction of sp³-hybridized carbons (Fsp3) is 0.481. The van der Waals surface area contributed by atoms with E-state index in [-0.39, 0.29) is 24.3 Å². The maximum atomic E-state index is 12.9. The minimum absolute atomic E-state index is 0.00231. The van der Waals surface area contributed by atoms with Gasteiger partial charge in [0, 0.05) is 18.8 Å². The number of esters is 1. The Morgan fingerprint density at radius 2 is 1.75 bits per heavy atom. The molecule has 3 rings (SSSR count). The lowest BCUT2D eigenvalue weighted by Gasteiger charge is -2.33. The molecule has 0 aliphatic carbocycles. The number of benzene rings is 2. The lowest BCUT2D eigenvalue weighted by atomic mass is 9.96. The smallest absolute Gasteiger partial charge is 0.338 e. The van der Waals surface area contributed by atoms with Crippen molar-refractivity contribution < 1.29 is 14.3 Å². The standard InChI is InChI=1S/C27H36N2O3/c1-4-9-24(23-15-10-20(3)18-25(23)29-16-7-6-8-17-29)28-26(30)19-21-11-13-22(14-12-21)27(31)32-5-2/h10-15,18,24H,4-9,16-17,19H2,1-3H3,(H,28,30). The molecule has 2 aromatic rings. The summed E-state index contributed by atoms with van der Waals surface area (Å²) >= 11 is 0. The summed E-state index contributed by atoms with van der Waals surface area (Å²) in [6, 6.07) is 13.7. The van der Waals surface area contributed by atoms with Crippen molar-refractivity contribution in [3.05, 3.63) is 64.7 Å². The molecule has 1 amide bonds. The van der Waals surface area contributed by atoms with Gasteiger partial charge in [-0.25, -0.2) is 4.79 Å². The number of anilines is 1. The van der Waals surface area contributed by atoms with Crippen LogP contribution in [0.3, 0.4) is 0 Å². The zero-order valence-corrected chi connectivity index (χ0v) is 19.7. The molecule has 32 heavy (non-hydrogen) atoms. The number of nitrogens with one attached hydrogen (secondary N) is 1. The van der Waals surface area contributed by atoms with E-state index in [1.807, 2.05) is 12.1 Å². The Hall–Kier alpha value is -2.82. The van der Waals surface area contributed by atoms with Crippen LogP contribution in [-0.2, 0) is 16.0 Å². The monoisotopic (exact) mass is 436 g/mol. The van der Waals surface area contributed by atoms with Crippen LogP contribution in [0, 0.1) is 6.92 Å². The molecule has 1 fully saturated rings. The molecule has 0 saturated carbocycles. The second-order valence-corrected chi connectivity index (χ2v) is 8.61. The molecular formula is C27H36N2O3. The third-order valence-corrected chi connectivity index (χ3v) is 6.00. The Labute approximate surface area is 192 Å². The summed E-state index contributed by atoms with van der Waals surface area (Å²) in [6.45, 7) is 8.58. The fourth-order valence-corrected chi connectivity index (χ4v) is 4.36. The normalized spacial score (nSPS) is 14.7. The van der Waals surface area contributed by atoms with E-state index in [9.17, 15) is 9.59 Å². The van der Waals surface area contributed by atoms with Crippen LogP contribution >= 0.6 is 0 Å². The van der Waals surface area contributed by atoms with E-state index in [1.54, 1.807) is 19.1 Å². The van der Waals surface area contributed by atoms with Gasteiger partial charge in [0.15, 0.2) is 0 Å². The maximum Gasteiger partial charge on any atom is 0.338 e. The van der Waals surface area contributed by atoms with Gasteiger partial charge in [0.05, 0.1) is 24.6 Å². The first-order valence-corrected chi connectivity index (χ1v) is 11.9. The highest BCUT2D eigenvalue weighted by Crippen LogP contribution is 2.32. The average molecular weight is 437 g/mol. The van der Waals surface area contributed by atoms with Gasteiger partial charge in [-0.1, -0.05) is 37.6 Å². The number of aryl methyl sites for hydroxylation is 1. The van der Waals surface area contributed by atoms with Gasteiger partial charge in [0.25, 0.3) is 0 Å². The molecule has 5 nitrogen and oxygen atoms in total. The molecule has 1 unspecified atom stereocenters. The van der Waals surface area contributed by atoms with Gasteiger partial charge in [0.2, 0.25) is 5.91 Å². The SMILES string of the molecule is CCCC(NC(=O)Cc1ccc(C(=O)OCC)cc1)c1ccc(C)cc1N1CCCCC1. The number of amides is 1. The van der Waals surface area contributed by atoms with Crippen LogP contribution in [0.2, 0.25) is 0 Å². The summed E-state index contributed by atoms with van der Waals surface area (Å²) in [5.74, 6) is -0.339. The van der Waals surface area contributed by atoms with E-state index in [1.165, 1.54) is 36.1 Å². The first kappa shape index (κ1) is 23.8. The molecule has 2 aromatic carbocycles. The zero-order valence-electron chi connectivity index (χ0n) is 19.7. The van der Waals surface area contributed by atoms with Crippen LogP contribution in [-0.4, -0.2) is 31.6 Å². The molecule has 5 heteroatoms. The molecule has 1 aliphatic rings. The number of nitrogens with zero attached hydrogens (tertiary/aromatic N) is 1. The van der Waals surface area contributed by atoms with E-state index in [4.69, 9.17) is 4.74 Å². The Kier molecular flexibility index (Phi) is 8.72. The fourth-order valence-electron chi connectivity index (χ4n) is 4.36. The maximum absolute atomic E-state index is 12.9. The van der Waals surface area contributed by atoms with E-state index >= 15 is 0 Å². The van der Waals surface area contributed by atoms with E-state index in [0.29, 0.717) is 12.2 Å². The second-order valence-electron chi connectivity index (χ2n) is 8.61. The molecule has 1 aliphatic heterocycles. The third kappa shape index (κ3) is 6.35. The predicted octanol–water partition coefficient (Wildman–Crippen LogP) is 5.36. The van der Waals surface area contributed by atoms with Crippen molar-refractivity contribution >= 4 is 17.6 Å². The molecule has 1 N–H and O–H groups in total. The van der Waals surface area contributed by atoms with Gasteiger partial charge >= 0.3 is 5.97 Å². The number of ether oxygens (including phenoxy) is 1. The second kappa shape index (κ2) is 11.7.